The molecular formula is C18H22ClNO. The summed E-state index contributed by atoms with van der Waals surface area (Å²) in [6.45, 7) is 5.23. The number of benzene rings is 2. The summed E-state index contributed by atoms with van der Waals surface area (Å²) in [6.07, 6.45) is 1.09. The molecular weight excluding hydrogens is 282 g/mol. The van der Waals surface area contributed by atoms with E-state index >= 15 is 0 Å². The summed E-state index contributed by atoms with van der Waals surface area (Å²) in [5, 5.41) is 4.39. The molecule has 21 heavy (non-hydrogen) atoms. The molecule has 0 spiro atoms. The summed E-state index contributed by atoms with van der Waals surface area (Å²) >= 11 is 6.08. The van der Waals surface area contributed by atoms with Gasteiger partial charge in [-0.2, -0.15) is 0 Å². The van der Waals surface area contributed by atoms with E-state index in [1.54, 1.807) is 7.11 Å². The van der Waals surface area contributed by atoms with Gasteiger partial charge in [0.2, 0.25) is 0 Å². The molecule has 2 aromatic rings. The molecule has 2 nitrogen and oxygen atoms in total. The largest absolute Gasteiger partial charge is 0.497 e. The zero-order valence-electron chi connectivity index (χ0n) is 12.8. The number of rotatable bonds is 6. The first-order valence-corrected chi connectivity index (χ1v) is 7.67. The number of nitrogens with one attached hydrogen (secondary N) is 1. The van der Waals surface area contributed by atoms with E-state index in [0.717, 1.165) is 23.7 Å². The van der Waals surface area contributed by atoms with Crippen molar-refractivity contribution in [1.29, 1.82) is 0 Å². The molecule has 0 heterocycles. The molecule has 3 heteroatoms. The standard InChI is InChI=1S/C18H22ClNO/c1-4-10-20-18(14-6-5-7-16(12-14)21-3)17-9-8-15(19)11-13(17)2/h5-9,11-12,18,20H,4,10H2,1-3H3. The Kier molecular flexibility index (Phi) is 5.66. The number of methoxy groups -OCH3 is 1. The first kappa shape index (κ1) is 15.9. The van der Waals surface area contributed by atoms with Crippen LogP contribution < -0.4 is 10.1 Å². The second-order valence-corrected chi connectivity index (χ2v) is 5.60. The van der Waals surface area contributed by atoms with Gasteiger partial charge in [-0.1, -0.05) is 36.7 Å². The summed E-state index contributed by atoms with van der Waals surface area (Å²) < 4.78 is 5.35. The number of ether oxygens (including phenoxy) is 1. The van der Waals surface area contributed by atoms with Crippen molar-refractivity contribution in [3.8, 4) is 5.75 Å². The molecule has 112 valence electrons. The van der Waals surface area contributed by atoms with Crippen LogP contribution in [0.2, 0.25) is 5.02 Å². The molecule has 0 amide bonds. The Morgan fingerprint density at radius 1 is 1.19 bits per heavy atom. The highest BCUT2D eigenvalue weighted by atomic mass is 35.5. The van der Waals surface area contributed by atoms with Crippen molar-refractivity contribution < 1.29 is 4.74 Å². The van der Waals surface area contributed by atoms with Gasteiger partial charge < -0.3 is 10.1 Å². The Bertz CT molecular complexity index is 598. The van der Waals surface area contributed by atoms with Crippen molar-refractivity contribution in [2.24, 2.45) is 0 Å². The van der Waals surface area contributed by atoms with Gasteiger partial charge >= 0.3 is 0 Å². The molecule has 0 bridgehead atoms. The molecule has 0 radical (unpaired) electrons. The van der Waals surface area contributed by atoms with E-state index in [4.69, 9.17) is 16.3 Å². The summed E-state index contributed by atoms with van der Waals surface area (Å²) in [7, 11) is 1.70. The van der Waals surface area contributed by atoms with Gasteiger partial charge in [-0.15, -0.1) is 0 Å². The van der Waals surface area contributed by atoms with Gasteiger partial charge in [0.25, 0.3) is 0 Å². The van der Waals surface area contributed by atoms with Crippen molar-refractivity contribution in [3.05, 3.63) is 64.2 Å². The van der Waals surface area contributed by atoms with E-state index in [-0.39, 0.29) is 6.04 Å². The number of hydrogen-bond donors (Lipinski definition) is 1. The molecule has 1 atom stereocenters. The predicted octanol–water partition coefficient (Wildman–Crippen LogP) is 4.75. The molecule has 0 saturated carbocycles. The molecule has 0 aliphatic heterocycles. The third kappa shape index (κ3) is 3.99. The van der Waals surface area contributed by atoms with E-state index in [2.05, 4.69) is 37.4 Å². The fourth-order valence-corrected chi connectivity index (χ4v) is 2.71. The highest BCUT2D eigenvalue weighted by Gasteiger charge is 2.16. The minimum absolute atomic E-state index is 0.150. The van der Waals surface area contributed by atoms with Crippen LogP contribution in [-0.4, -0.2) is 13.7 Å². The fraction of sp³-hybridized carbons (Fsp3) is 0.333. The van der Waals surface area contributed by atoms with Gasteiger partial charge in [0.1, 0.15) is 5.75 Å². The molecule has 2 rings (SSSR count). The third-order valence-electron chi connectivity index (χ3n) is 3.57. The summed E-state index contributed by atoms with van der Waals surface area (Å²) in [5.41, 5.74) is 3.65. The van der Waals surface area contributed by atoms with Gasteiger partial charge in [0.05, 0.1) is 13.2 Å². The van der Waals surface area contributed by atoms with Crippen LogP contribution >= 0.6 is 11.6 Å². The molecule has 0 aromatic heterocycles. The van der Waals surface area contributed by atoms with Crippen LogP contribution in [0.25, 0.3) is 0 Å². The van der Waals surface area contributed by atoms with E-state index < -0.39 is 0 Å². The zero-order chi connectivity index (χ0) is 15.2. The average Bonchev–Trinajstić information content (AvgIpc) is 2.49. The lowest BCUT2D eigenvalue weighted by molar-refractivity contribution is 0.413. The lowest BCUT2D eigenvalue weighted by Crippen LogP contribution is -2.24. The van der Waals surface area contributed by atoms with Crippen LogP contribution in [0.1, 0.15) is 36.1 Å². The normalized spacial score (nSPS) is 12.2. The second-order valence-electron chi connectivity index (χ2n) is 5.16. The van der Waals surface area contributed by atoms with E-state index in [9.17, 15) is 0 Å². The SMILES string of the molecule is CCCNC(c1cccc(OC)c1)c1ccc(Cl)cc1C. The second kappa shape index (κ2) is 7.48. The van der Waals surface area contributed by atoms with Crippen LogP contribution in [0.4, 0.5) is 0 Å². The summed E-state index contributed by atoms with van der Waals surface area (Å²) in [4.78, 5) is 0. The molecule has 1 N–H and O–H groups in total. The zero-order valence-corrected chi connectivity index (χ0v) is 13.6. The maximum Gasteiger partial charge on any atom is 0.119 e. The van der Waals surface area contributed by atoms with E-state index in [0.29, 0.717) is 0 Å². The molecule has 1 unspecified atom stereocenters. The topological polar surface area (TPSA) is 21.3 Å². The highest BCUT2D eigenvalue weighted by molar-refractivity contribution is 6.30. The van der Waals surface area contributed by atoms with Crippen molar-refractivity contribution in [3.63, 3.8) is 0 Å². The monoisotopic (exact) mass is 303 g/mol. The molecule has 2 aromatic carbocycles. The number of hydrogen-bond acceptors (Lipinski definition) is 2. The van der Waals surface area contributed by atoms with Crippen molar-refractivity contribution in [2.75, 3.05) is 13.7 Å². The quantitative estimate of drug-likeness (QED) is 0.832. The maximum atomic E-state index is 6.08. The Morgan fingerprint density at radius 3 is 2.67 bits per heavy atom. The molecule has 0 aliphatic rings. The van der Waals surface area contributed by atoms with Crippen molar-refractivity contribution in [2.45, 2.75) is 26.3 Å². The van der Waals surface area contributed by atoms with Crippen LogP contribution in [0.15, 0.2) is 42.5 Å². The molecule has 0 saturated heterocycles. The number of aryl methyl sites for hydroxylation is 1. The van der Waals surface area contributed by atoms with Gasteiger partial charge in [-0.25, -0.2) is 0 Å². The van der Waals surface area contributed by atoms with Gasteiger partial charge in [-0.3, -0.25) is 0 Å². The summed E-state index contributed by atoms with van der Waals surface area (Å²) in [5.74, 6) is 0.877. The van der Waals surface area contributed by atoms with Gasteiger partial charge in [0.15, 0.2) is 0 Å². The Hall–Kier alpha value is -1.51. The Morgan fingerprint density at radius 2 is 2.00 bits per heavy atom. The molecule has 0 aliphatic carbocycles. The van der Waals surface area contributed by atoms with Gasteiger partial charge in [0, 0.05) is 5.02 Å². The smallest absolute Gasteiger partial charge is 0.119 e. The average molecular weight is 304 g/mol. The fourth-order valence-electron chi connectivity index (χ4n) is 2.48. The highest BCUT2D eigenvalue weighted by Crippen LogP contribution is 2.28. The van der Waals surface area contributed by atoms with Crippen LogP contribution in [-0.2, 0) is 0 Å². The van der Waals surface area contributed by atoms with Gasteiger partial charge in [-0.05, 0) is 60.8 Å². The van der Waals surface area contributed by atoms with Crippen LogP contribution in [0.3, 0.4) is 0 Å². The Labute approximate surface area is 132 Å². The van der Waals surface area contributed by atoms with Crippen LogP contribution in [0, 0.1) is 6.92 Å². The Balaban J connectivity index is 2.41. The lowest BCUT2D eigenvalue weighted by Gasteiger charge is -2.22. The van der Waals surface area contributed by atoms with Crippen molar-refractivity contribution in [1.82, 2.24) is 5.32 Å². The van der Waals surface area contributed by atoms with Crippen LogP contribution in [0.5, 0.6) is 5.75 Å². The lowest BCUT2D eigenvalue weighted by atomic mass is 9.94. The van der Waals surface area contributed by atoms with Crippen molar-refractivity contribution >= 4 is 11.6 Å². The molecule has 0 fully saturated rings. The van der Waals surface area contributed by atoms with E-state index in [1.807, 2.05) is 24.3 Å². The third-order valence-corrected chi connectivity index (χ3v) is 3.80. The summed E-state index contributed by atoms with van der Waals surface area (Å²) in [6, 6.07) is 14.4. The van der Waals surface area contributed by atoms with E-state index in [1.165, 1.54) is 16.7 Å². The minimum atomic E-state index is 0.150. The minimum Gasteiger partial charge on any atom is -0.497 e. The first-order chi connectivity index (χ1) is 10.2. The number of halogens is 1. The maximum absolute atomic E-state index is 6.08. The first-order valence-electron chi connectivity index (χ1n) is 7.29. The predicted molar refractivity (Wildman–Crippen MR) is 89.3 cm³/mol.